The van der Waals surface area contributed by atoms with Gasteiger partial charge in [-0.3, -0.25) is 4.79 Å². The number of hydrogen-bond acceptors (Lipinski definition) is 3. The largest absolute Gasteiger partial charge is 0.370 e. The predicted octanol–water partition coefficient (Wildman–Crippen LogP) is 3.70. The topological polar surface area (TPSA) is 45.2 Å². The van der Waals surface area contributed by atoms with E-state index < -0.39 is 0 Å². The number of rotatable bonds is 3. The molecule has 0 bridgehead atoms. The summed E-state index contributed by atoms with van der Waals surface area (Å²) in [5.41, 5.74) is 1.73. The van der Waals surface area contributed by atoms with Crippen LogP contribution in [0.5, 0.6) is 0 Å². The van der Waals surface area contributed by atoms with Crippen molar-refractivity contribution in [2.24, 2.45) is 0 Å². The molecule has 1 amide bonds. The summed E-state index contributed by atoms with van der Waals surface area (Å²) in [6.45, 7) is 2.18. The molecule has 1 aromatic carbocycles. The summed E-state index contributed by atoms with van der Waals surface area (Å²) >= 11 is 3.35. The third kappa shape index (κ3) is 3.42. The quantitative estimate of drug-likeness (QED) is 0.922. The van der Waals surface area contributed by atoms with Gasteiger partial charge >= 0.3 is 0 Å². The fourth-order valence-electron chi connectivity index (χ4n) is 2.41. The van der Waals surface area contributed by atoms with E-state index in [4.69, 9.17) is 0 Å². The molecular weight excluding hydrogens is 330 g/mol. The van der Waals surface area contributed by atoms with Gasteiger partial charge < -0.3 is 10.2 Å². The number of halogens is 1. The van der Waals surface area contributed by atoms with Gasteiger partial charge in [0.1, 0.15) is 5.82 Å². The molecule has 108 valence electrons. The van der Waals surface area contributed by atoms with E-state index in [-0.39, 0.29) is 5.91 Å². The highest BCUT2D eigenvalue weighted by atomic mass is 79.9. The van der Waals surface area contributed by atoms with E-state index in [0.29, 0.717) is 11.4 Å². The third-order valence-corrected chi connectivity index (χ3v) is 4.10. The van der Waals surface area contributed by atoms with E-state index in [1.165, 1.54) is 12.8 Å². The first-order chi connectivity index (χ1) is 10.2. The minimum absolute atomic E-state index is 0.149. The van der Waals surface area contributed by atoms with Gasteiger partial charge in [-0.25, -0.2) is 4.98 Å². The molecule has 1 N–H and O–H groups in total. The summed E-state index contributed by atoms with van der Waals surface area (Å²) in [5, 5.41) is 2.81. The molecule has 2 aromatic rings. The molecule has 3 rings (SSSR count). The molecule has 1 aromatic heterocycles. The van der Waals surface area contributed by atoms with E-state index in [9.17, 15) is 4.79 Å². The van der Waals surface area contributed by atoms with Gasteiger partial charge in [-0.1, -0.05) is 15.9 Å². The van der Waals surface area contributed by atoms with Crippen molar-refractivity contribution >= 4 is 33.3 Å². The van der Waals surface area contributed by atoms with Crippen LogP contribution in [0.1, 0.15) is 23.2 Å². The number of carbonyl (C=O) groups excluding carboxylic acids is 1. The zero-order valence-corrected chi connectivity index (χ0v) is 13.1. The lowest BCUT2D eigenvalue weighted by molar-refractivity contribution is 0.102. The van der Waals surface area contributed by atoms with Crippen molar-refractivity contribution in [1.29, 1.82) is 0 Å². The van der Waals surface area contributed by atoms with Crippen LogP contribution in [0.4, 0.5) is 11.5 Å². The molecule has 5 heteroatoms. The molecule has 1 aliphatic heterocycles. The van der Waals surface area contributed by atoms with Crippen LogP contribution in [-0.4, -0.2) is 24.0 Å². The SMILES string of the molecule is O=C(Nc1ccc(N2CCCC2)cn1)c1ccc(Br)cc1. The lowest BCUT2D eigenvalue weighted by atomic mass is 10.2. The van der Waals surface area contributed by atoms with E-state index >= 15 is 0 Å². The number of benzene rings is 1. The Morgan fingerprint density at radius 2 is 1.81 bits per heavy atom. The van der Waals surface area contributed by atoms with Crippen molar-refractivity contribution < 1.29 is 4.79 Å². The lowest BCUT2D eigenvalue weighted by Crippen LogP contribution is -2.18. The number of amides is 1. The molecule has 0 radical (unpaired) electrons. The van der Waals surface area contributed by atoms with Crippen LogP contribution in [0, 0.1) is 0 Å². The average molecular weight is 346 g/mol. The first-order valence-electron chi connectivity index (χ1n) is 7.00. The Morgan fingerprint density at radius 3 is 2.43 bits per heavy atom. The van der Waals surface area contributed by atoms with Crippen LogP contribution < -0.4 is 10.2 Å². The van der Waals surface area contributed by atoms with Crippen LogP contribution in [0.25, 0.3) is 0 Å². The Balaban J connectivity index is 1.67. The minimum atomic E-state index is -0.149. The maximum absolute atomic E-state index is 12.1. The number of nitrogens with one attached hydrogen (secondary N) is 1. The molecule has 1 aliphatic rings. The lowest BCUT2D eigenvalue weighted by Gasteiger charge is -2.17. The molecule has 1 saturated heterocycles. The fourth-order valence-corrected chi connectivity index (χ4v) is 2.68. The standard InChI is InChI=1S/C16H16BrN3O/c17-13-5-3-12(4-6-13)16(21)19-15-8-7-14(11-18-15)20-9-1-2-10-20/h3-8,11H,1-2,9-10H2,(H,18,19,21). The normalized spacial score (nSPS) is 14.2. The van der Waals surface area contributed by atoms with E-state index in [2.05, 4.69) is 31.1 Å². The van der Waals surface area contributed by atoms with Crippen LogP contribution in [-0.2, 0) is 0 Å². The monoisotopic (exact) mass is 345 g/mol. The molecule has 2 heterocycles. The summed E-state index contributed by atoms with van der Waals surface area (Å²) in [6, 6.07) is 11.1. The van der Waals surface area contributed by atoms with Gasteiger partial charge in [-0.05, 0) is 49.2 Å². The van der Waals surface area contributed by atoms with Gasteiger partial charge in [-0.15, -0.1) is 0 Å². The van der Waals surface area contributed by atoms with Crippen LogP contribution in [0.2, 0.25) is 0 Å². The highest BCUT2D eigenvalue weighted by molar-refractivity contribution is 9.10. The summed E-state index contributed by atoms with van der Waals surface area (Å²) in [6.07, 6.45) is 4.30. The van der Waals surface area contributed by atoms with E-state index in [0.717, 1.165) is 23.2 Å². The maximum Gasteiger partial charge on any atom is 0.256 e. The molecule has 0 atom stereocenters. The Kier molecular flexibility index (Phi) is 4.20. The Hall–Kier alpha value is -1.88. The van der Waals surface area contributed by atoms with Gasteiger partial charge in [0.05, 0.1) is 11.9 Å². The van der Waals surface area contributed by atoms with Crippen molar-refractivity contribution in [3.05, 3.63) is 52.6 Å². The van der Waals surface area contributed by atoms with Crippen molar-refractivity contribution in [3.63, 3.8) is 0 Å². The Bertz CT molecular complexity index is 619. The van der Waals surface area contributed by atoms with Gasteiger partial charge in [-0.2, -0.15) is 0 Å². The summed E-state index contributed by atoms with van der Waals surface area (Å²) in [4.78, 5) is 18.7. The van der Waals surface area contributed by atoms with Crippen LogP contribution >= 0.6 is 15.9 Å². The molecule has 4 nitrogen and oxygen atoms in total. The summed E-state index contributed by atoms with van der Waals surface area (Å²) < 4.78 is 0.951. The number of carbonyl (C=O) groups is 1. The number of hydrogen-bond donors (Lipinski definition) is 1. The molecule has 0 saturated carbocycles. The maximum atomic E-state index is 12.1. The van der Waals surface area contributed by atoms with Gasteiger partial charge in [0.25, 0.3) is 5.91 Å². The van der Waals surface area contributed by atoms with Gasteiger partial charge in [0.15, 0.2) is 0 Å². The van der Waals surface area contributed by atoms with Crippen molar-refractivity contribution in [2.75, 3.05) is 23.3 Å². The molecular formula is C16H16BrN3O. The van der Waals surface area contributed by atoms with Crippen molar-refractivity contribution in [1.82, 2.24) is 4.98 Å². The first kappa shape index (κ1) is 14.1. The second-order valence-electron chi connectivity index (χ2n) is 5.06. The van der Waals surface area contributed by atoms with E-state index in [1.807, 2.05) is 30.5 Å². The fraction of sp³-hybridized carbons (Fsp3) is 0.250. The first-order valence-corrected chi connectivity index (χ1v) is 7.79. The van der Waals surface area contributed by atoms with Crippen molar-refractivity contribution in [3.8, 4) is 0 Å². The number of anilines is 2. The highest BCUT2D eigenvalue weighted by Gasteiger charge is 2.13. The van der Waals surface area contributed by atoms with Crippen molar-refractivity contribution in [2.45, 2.75) is 12.8 Å². The number of pyridine rings is 1. The van der Waals surface area contributed by atoms with Gasteiger partial charge in [0.2, 0.25) is 0 Å². The summed E-state index contributed by atoms with van der Waals surface area (Å²) in [7, 11) is 0. The number of nitrogens with zero attached hydrogens (tertiary/aromatic N) is 2. The molecule has 0 unspecified atom stereocenters. The van der Waals surface area contributed by atoms with Crippen LogP contribution in [0.3, 0.4) is 0 Å². The number of aromatic nitrogens is 1. The molecule has 21 heavy (non-hydrogen) atoms. The zero-order valence-electron chi connectivity index (χ0n) is 11.6. The van der Waals surface area contributed by atoms with Crippen LogP contribution in [0.15, 0.2) is 47.1 Å². The second-order valence-corrected chi connectivity index (χ2v) is 5.97. The smallest absolute Gasteiger partial charge is 0.256 e. The Labute approximate surface area is 132 Å². The zero-order chi connectivity index (χ0) is 14.7. The van der Waals surface area contributed by atoms with E-state index in [1.54, 1.807) is 12.1 Å². The predicted molar refractivity (Wildman–Crippen MR) is 87.8 cm³/mol. The highest BCUT2D eigenvalue weighted by Crippen LogP contribution is 2.20. The molecule has 0 aliphatic carbocycles. The van der Waals surface area contributed by atoms with Gasteiger partial charge in [0, 0.05) is 23.1 Å². The second kappa shape index (κ2) is 6.26. The average Bonchev–Trinajstić information content (AvgIpc) is 3.03. The molecule has 0 spiro atoms. The third-order valence-electron chi connectivity index (χ3n) is 3.57. The minimum Gasteiger partial charge on any atom is -0.370 e. The Morgan fingerprint density at radius 1 is 1.10 bits per heavy atom. The molecule has 1 fully saturated rings. The summed E-state index contributed by atoms with van der Waals surface area (Å²) in [5.74, 6) is 0.426.